The molecule has 0 aromatic rings. The van der Waals surface area contributed by atoms with Crippen molar-refractivity contribution in [3.63, 3.8) is 0 Å². The fourth-order valence-corrected chi connectivity index (χ4v) is 0.984. The molecule has 0 aliphatic carbocycles. The van der Waals surface area contributed by atoms with Gasteiger partial charge >= 0.3 is 0 Å². The molecule has 0 rings (SSSR count). The summed E-state index contributed by atoms with van der Waals surface area (Å²) >= 11 is 11.5. The van der Waals surface area contributed by atoms with Crippen molar-refractivity contribution in [2.45, 2.75) is 17.2 Å². The van der Waals surface area contributed by atoms with E-state index in [-0.39, 0.29) is 0 Å². The van der Waals surface area contributed by atoms with E-state index < -0.39 is 4.33 Å². The number of nitrogens with two attached hydrogens (primary N) is 2. The molecule has 0 aromatic heterocycles. The summed E-state index contributed by atoms with van der Waals surface area (Å²) in [5.41, 5.74) is 10.5. The van der Waals surface area contributed by atoms with Gasteiger partial charge in [-0.25, -0.2) is 0 Å². The molecule has 0 heterocycles. The molecule has 0 saturated carbocycles. The van der Waals surface area contributed by atoms with Crippen molar-refractivity contribution in [3.8, 4) is 0 Å². The molecular formula is C5H12Cl2N2. The first-order valence-electron chi connectivity index (χ1n) is 2.90. The zero-order chi connectivity index (χ0) is 7.33. The first kappa shape index (κ1) is 9.50. The normalized spacial score (nSPS) is 12.0. The van der Waals surface area contributed by atoms with E-state index >= 15 is 0 Å². The number of hydrogen-bond donors (Lipinski definition) is 2. The fraction of sp³-hybridized carbons (Fsp3) is 1.00. The van der Waals surface area contributed by atoms with Gasteiger partial charge in [0, 0.05) is 0 Å². The smallest absolute Gasteiger partial charge is 0.120 e. The van der Waals surface area contributed by atoms with Gasteiger partial charge in [-0.3, -0.25) is 0 Å². The van der Waals surface area contributed by atoms with E-state index in [1.165, 1.54) is 0 Å². The second-order valence-electron chi connectivity index (χ2n) is 1.93. The predicted octanol–water partition coefficient (Wildman–Crippen LogP) is 0.858. The SMILES string of the molecule is NCCC(Cl)(Cl)CCN. The Labute approximate surface area is 65.5 Å². The van der Waals surface area contributed by atoms with Gasteiger partial charge in [-0.2, -0.15) is 0 Å². The van der Waals surface area contributed by atoms with Crippen LogP contribution in [-0.2, 0) is 0 Å². The second-order valence-corrected chi connectivity index (χ2v) is 3.57. The lowest BCUT2D eigenvalue weighted by atomic mass is 10.2. The van der Waals surface area contributed by atoms with Crippen molar-refractivity contribution < 1.29 is 0 Å². The molecule has 0 saturated heterocycles. The number of hydrogen-bond acceptors (Lipinski definition) is 2. The molecule has 0 bridgehead atoms. The van der Waals surface area contributed by atoms with Crippen molar-refractivity contribution in [1.82, 2.24) is 0 Å². The van der Waals surface area contributed by atoms with E-state index in [1.54, 1.807) is 0 Å². The van der Waals surface area contributed by atoms with Crippen molar-refractivity contribution in [3.05, 3.63) is 0 Å². The summed E-state index contributed by atoms with van der Waals surface area (Å²) in [6.07, 6.45) is 1.21. The molecule has 4 heteroatoms. The maximum Gasteiger partial charge on any atom is 0.120 e. The first-order chi connectivity index (χ1) is 4.12. The molecule has 0 radical (unpaired) electrons. The Hall–Kier alpha value is 0.500. The third kappa shape index (κ3) is 4.97. The average Bonchev–Trinajstić information content (AvgIpc) is 1.64. The van der Waals surface area contributed by atoms with E-state index in [1.807, 2.05) is 0 Å². The van der Waals surface area contributed by atoms with E-state index in [0.29, 0.717) is 25.9 Å². The largest absolute Gasteiger partial charge is 0.330 e. The maximum absolute atomic E-state index is 5.74. The van der Waals surface area contributed by atoms with Crippen molar-refractivity contribution in [2.24, 2.45) is 11.5 Å². The van der Waals surface area contributed by atoms with E-state index in [0.717, 1.165) is 0 Å². The highest BCUT2D eigenvalue weighted by Gasteiger charge is 2.20. The Bertz CT molecular complexity index is 67.4. The molecule has 0 aliphatic rings. The highest BCUT2D eigenvalue weighted by atomic mass is 35.5. The molecular weight excluding hydrogens is 159 g/mol. The molecule has 0 fully saturated rings. The molecule has 56 valence electrons. The Morgan fingerprint density at radius 2 is 1.33 bits per heavy atom. The summed E-state index contributed by atoms with van der Waals surface area (Å²) in [5.74, 6) is 0. The summed E-state index contributed by atoms with van der Waals surface area (Å²) in [7, 11) is 0. The van der Waals surface area contributed by atoms with Gasteiger partial charge in [-0.05, 0) is 25.9 Å². The minimum Gasteiger partial charge on any atom is -0.330 e. The maximum atomic E-state index is 5.74. The Balaban J connectivity index is 3.43. The van der Waals surface area contributed by atoms with Crippen LogP contribution < -0.4 is 11.5 Å². The molecule has 0 spiro atoms. The highest BCUT2D eigenvalue weighted by Crippen LogP contribution is 2.27. The van der Waals surface area contributed by atoms with Crippen molar-refractivity contribution >= 4 is 23.2 Å². The zero-order valence-electron chi connectivity index (χ0n) is 5.24. The van der Waals surface area contributed by atoms with Crippen molar-refractivity contribution in [2.75, 3.05) is 13.1 Å². The van der Waals surface area contributed by atoms with Crippen LogP contribution in [0.5, 0.6) is 0 Å². The van der Waals surface area contributed by atoms with Gasteiger partial charge < -0.3 is 11.5 Å². The minimum absolute atomic E-state index is 0.507. The van der Waals surface area contributed by atoms with Crippen LogP contribution in [0.1, 0.15) is 12.8 Å². The molecule has 9 heavy (non-hydrogen) atoms. The van der Waals surface area contributed by atoms with Crippen LogP contribution in [0.25, 0.3) is 0 Å². The van der Waals surface area contributed by atoms with Crippen LogP contribution in [0, 0.1) is 0 Å². The van der Waals surface area contributed by atoms with Crippen LogP contribution in [0.2, 0.25) is 0 Å². The van der Waals surface area contributed by atoms with Crippen LogP contribution >= 0.6 is 23.2 Å². The fourth-order valence-electron chi connectivity index (χ4n) is 0.547. The molecule has 0 aliphatic heterocycles. The van der Waals surface area contributed by atoms with Gasteiger partial charge in [0.05, 0.1) is 0 Å². The minimum atomic E-state index is -0.705. The number of halogens is 2. The molecule has 0 aromatic carbocycles. The molecule has 0 amide bonds. The standard InChI is InChI=1S/C5H12Cl2N2/c6-5(7,1-3-8)2-4-9/h1-4,8-9H2. The van der Waals surface area contributed by atoms with Crippen LogP contribution in [0.15, 0.2) is 0 Å². The molecule has 4 N–H and O–H groups in total. The van der Waals surface area contributed by atoms with E-state index in [4.69, 9.17) is 34.7 Å². The van der Waals surface area contributed by atoms with Crippen LogP contribution in [0.3, 0.4) is 0 Å². The van der Waals surface area contributed by atoms with Gasteiger partial charge in [0.2, 0.25) is 0 Å². The Morgan fingerprint density at radius 1 is 1.00 bits per heavy atom. The van der Waals surface area contributed by atoms with Crippen molar-refractivity contribution in [1.29, 1.82) is 0 Å². The summed E-state index contributed by atoms with van der Waals surface area (Å²) in [6.45, 7) is 1.01. The van der Waals surface area contributed by atoms with Gasteiger partial charge in [0.1, 0.15) is 4.33 Å². The number of alkyl halides is 2. The summed E-state index contributed by atoms with van der Waals surface area (Å²) in [4.78, 5) is 0. The third-order valence-corrected chi connectivity index (χ3v) is 1.78. The lowest BCUT2D eigenvalue weighted by molar-refractivity contribution is 0.651. The number of rotatable bonds is 4. The van der Waals surface area contributed by atoms with Crippen LogP contribution in [0.4, 0.5) is 0 Å². The quantitative estimate of drug-likeness (QED) is 0.616. The van der Waals surface area contributed by atoms with Gasteiger partial charge in [0.15, 0.2) is 0 Å². The topological polar surface area (TPSA) is 52.0 Å². The van der Waals surface area contributed by atoms with E-state index in [9.17, 15) is 0 Å². The average molecular weight is 171 g/mol. The van der Waals surface area contributed by atoms with Gasteiger partial charge in [-0.1, -0.05) is 0 Å². The third-order valence-electron chi connectivity index (χ3n) is 1.02. The predicted molar refractivity (Wildman–Crippen MR) is 41.8 cm³/mol. The monoisotopic (exact) mass is 170 g/mol. The molecule has 2 nitrogen and oxygen atoms in total. The lowest BCUT2D eigenvalue weighted by Crippen LogP contribution is -2.22. The second kappa shape index (κ2) is 4.34. The lowest BCUT2D eigenvalue weighted by Gasteiger charge is -2.16. The van der Waals surface area contributed by atoms with Crippen LogP contribution in [-0.4, -0.2) is 17.4 Å². The van der Waals surface area contributed by atoms with Gasteiger partial charge in [-0.15, -0.1) is 23.2 Å². The molecule has 0 atom stereocenters. The Kier molecular flexibility index (Phi) is 4.58. The highest BCUT2D eigenvalue weighted by molar-refractivity contribution is 6.48. The summed E-state index contributed by atoms with van der Waals surface area (Å²) in [5, 5.41) is 0. The first-order valence-corrected chi connectivity index (χ1v) is 3.66. The van der Waals surface area contributed by atoms with E-state index in [2.05, 4.69) is 0 Å². The van der Waals surface area contributed by atoms with Gasteiger partial charge in [0.25, 0.3) is 0 Å². The summed E-state index contributed by atoms with van der Waals surface area (Å²) in [6, 6.07) is 0. The summed E-state index contributed by atoms with van der Waals surface area (Å²) < 4.78 is -0.705. The zero-order valence-corrected chi connectivity index (χ0v) is 6.75. The Morgan fingerprint density at radius 3 is 1.56 bits per heavy atom. The molecule has 0 unspecified atom stereocenters.